The molecule has 0 spiro atoms. The highest BCUT2D eigenvalue weighted by Gasteiger charge is 2.48. The van der Waals surface area contributed by atoms with Gasteiger partial charge in [0.05, 0.1) is 0 Å². The van der Waals surface area contributed by atoms with Gasteiger partial charge >= 0.3 is 0 Å². The number of hydrogen-bond donors (Lipinski definition) is 0. The highest BCUT2D eigenvalue weighted by molar-refractivity contribution is 7.27. The second-order valence-electron chi connectivity index (χ2n) is 6.35. The van der Waals surface area contributed by atoms with E-state index in [-0.39, 0.29) is 0 Å². The van der Waals surface area contributed by atoms with E-state index in [1.807, 2.05) is 11.3 Å². The number of hydrogen-bond acceptors (Lipinski definition) is 3. The zero-order valence-electron chi connectivity index (χ0n) is 12.9. The van der Waals surface area contributed by atoms with Crippen LogP contribution in [0.1, 0.15) is 41.5 Å². The number of thiophene rings is 1. The molecule has 0 saturated carbocycles. The van der Waals surface area contributed by atoms with Gasteiger partial charge in [0.25, 0.3) is 0 Å². The van der Waals surface area contributed by atoms with E-state index in [0.717, 1.165) is 11.5 Å². The van der Waals surface area contributed by atoms with E-state index >= 15 is 0 Å². The maximum atomic E-state index is 5.97. The third-order valence-corrected chi connectivity index (χ3v) is 13.5. The molecule has 1 aliphatic rings. The maximum Gasteiger partial charge on any atom is 0.171 e. The highest BCUT2D eigenvalue weighted by atomic mass is 32.1. The van der Waals surface area contributed by atoms with Crippen LogP contribution in [0.15, 0.2) is 5.38 Å². The quantitative estimate of drug-likeness (QED) is 0.767. The van der Waals surface area contributed by atoms with Crippen LogP contribution < -0.4 is 14.0 Å². The van der Waals surface area contributed by atoms with Gasteiger partial charge in [0.1, 0.15) is 21.3 Å². The first-order valence-electron chi connectivity index (χ1n) is 7.29. The van der Waals surface area contributed by atoms with E-state index in [1.54, 1.807) is 0 Å². The fourth-order valence-corrected chi connectivity index (χ4v) is 13.9. The fourth-order valence-electron chi connectivity index (χ4n) is 3.95. The van der Waals surface area contributed by atoms with Gasteiger partial charge in [-0.2, -0.15) is 0 Å². The molecular formula is C15H26O2SSi. The van der Waals surface area contributed by atoms with Gasteiger partial charge < -0.3 is 9.47 Å². The third-order valence-electron chi connectivity index (χ3n) is 4.56. The molecule has 1 aromatic heterocycles. The minimum absolute atomic E-state index is 0.683. The molecule has 0 N–H and O–H groups in total. The molecule has 1 aromatic rings. The molecule has 2 heterocycles. The first-order chi connectivity index (χ1) is 8.92. The van der Waals surface area contributed by atoms with Crippen LogP contribution in [-0.2, 0) is 0 Å². The van der Waals surface area contributed by atoms with Crippen LogP contribution in [0.2, 0.25) is 16.6 Å². The summed E-state index contributed by atoms with van der Waals surface area (Å²) in [6, 6.07) is 0. The summed E-state index contributed by atoms with van der Waals surface area (Å²) >= 11 is 1.87. The Morgan fingerprint density at radius 2 is 1.47 bits per heavy atom. The predicted molar refractivity (Wildman–Crippen MR) is 86.0 cm³/mol. The second kappa shape index (κ2) is 5.48. The van der Waals surface area contributed by atoms with Gasteiger partial charge in [0, 0.05) is 9.88 Å². The normalized spacial score (nSPS) is 15.6. The fraction of sp³-hybridized carbons (Fsp3) is 0.733. The van der Waals surface area contributed by atoms with Crippen LogP contribution in [0.3, 0.4) is 0 Å². The van der Waals surface area contributed by atoms with E-state index in [1.165, 1.54) is 4.50 Å². The van der Waals surface area contributed by atoms with Gasteiger partial charge in [-0.1, -0.05) is 41.5 Å². The highest BCUT2D eigenvalue weighted by Crippen LogP contribution is 2.46. The smallest absolute Gasteiger partial charge is 0.171 e. The van der Waals surface area contributed by atoms with Gasteiger partial charge in [-0.3, -0.25) is 0 Å². The lowest BCUT2D eigenvalue weighted by Crippen LogP contribution is -2.54. The van der Waals surface area contributed by atoms with Crippen LogP contribution >= 0.6 is 11.3 Å². The van der Waals surface area contributed by atoms with E-state index in [0.29, 0.717) is 29.8 Å². The van der Waals surface area contributed by atoms with E-state index in [4.69, 9.17) is 9.47 Å². The molecule has 0 atom stereocenters. The number of rotatable bonds is 4. The summed E-state index contributed by atoms with van der Waals surface area (Å²) < 4.78 is 13.2. The van der Waals surface area contributed by atoms with Crippen LogP contribution in [-0.4, -0.2) is 21.3 Å². The Hall–Kier alpha value is -0.483. The molecular weight excluding hydrogens is 272 g/mol. The molecule has 1 aliphatic heterocycles. The van der Waals surface area contributed by atoms with Crippen molar-refractivity contribution in [3.05, 3.63) is 5.38 Å². The standard InChI is InChI=1S/C15H26O2SSi/c1-10(2)19(11(3)4,12(5)6)15-14-13(9-18-15)16-7-8-17-14/h9-12H,7-8H2,1-6H3. The van der Waals surface area contributed by atoms with Gasteiger partial charge in [-0.05, 0) is 16.6 Å². The summed E-state index contributed by atoms with van der Waals surface area (Å²) in [5, 5.41) is 2.15. The molecule has 0 saturated heterocycles. The van der Waals surface area contributed by atoms with Crippen LogP contribution in [0.25, 0.3) is 0 Å². The summed E-state index contributed by atoms with van der Waals surface area (Å²) in [7, 11) is -1.62. The maximum absolute atomic E-state index is 5.97. The molecule has 0 aliphatic carbocycles. The molecule has 0 bridgehead atoms. The lowest BCUT2D eigenvalue weighted by atomic mass is 10.5. The van der Waals surface area contributed by atoms with Crippen LogP contribution in [0.4, 0.5) is 0 Å². The molecule has 108 valence electrons. The monoisotopic (exact) mass is 298 g/mol. The second-order valence-corrected chi connectivity index (χ2v) is 13.4. The average Bonchev–Trinajstić information content (AvgIpc) is 2.73. The Labute approximate surface area is 122 Å². The molecule has 0 unspecified atom stereocenters. The van der Waals surface area contributed by atoms with Gasteiger partial charge in [0.15, 0.2) is 11.5 Å². The van der Waals surface area contributed by atoms with Crippen molar-refractivity contribution in [1.29, 1.82) is 0 Å². The Kier molecular flexibility index (Phi) is 4.31. The lowest BCUT2D eigenvalue weighted by Gasteiger charge is -2.42. The lowest BCUT2D eigenvalue weighted by molar-refractivity contribution is 0.174. The van der Waals surface area contributed by atoms with Gasteiger partial charge in [0.2, 0.25) is 0 Å². The van der Waals surface area contributed by atoms with Crippen LogP contribution in [0.5, 0.6) is 11.5 Å². The molecule has 2 rings (SSSR count). The molecule has 19 heavy (non-hydrogen) atoms. The Bertz CT molecular complexity index is 416. The zero-order valence-corrected chi connectivity index (χ0v) is 14.8. The third kappa shape index (κ3) is 2.23. The van der Waals surface area contributed by atoms with Crippen molar-refractivity contribution in [3.8, 4) is 11.5 Å². The van der Waals surface area contributed by atoms with Crippen molar-refractivity contribution in [2.75, 3.05) is 13.2 Å². The largest absolute Gasteiger partial charge is 0.485 e. The Morgan fingerprint density at radius 1 is 0.947 bits per heavy atom. The van der Waals surface area contributed by atoms with E-state index in [9.17, 15) is 0 Å². The topological polar surface area (TPSA) is 18.5 Å². The van der Waals surface area contributed by atoms with Crippen molar-refractivity contribution < 1.29 is 9.47 Å². The molecule has 0 radical (unpaired) electrons. The van der Waals surface area contributed by atoms with Gasteiger partial charge in [-0.25, -0.2) is 0 Å². The summed E-state index contributed by atoms with van der Waals surface area (Å²) in [6.07, 6.45) is 0. The molecule has 0 amide bonds. The molecule has 0 aromatic carbocycles. The molecule has 2 nitrogen and oxygen atoms in total. The minimum atomic E-state index is -1.62. The summed E-state index contributed by atoms with van der Waals surface area (Å²) in [5.74, 6) is 2.05. The predicted octanol–water partition coefficient (Wildman–Crippen LogP) is 4.41. The zero-order chi connectivity index (χ0) is 14.2. The SMILES string of the molecule is CC(C)[Si](c1scc2c1OCCO2)(C(C)C)C(C)C. The number of ether oxygens (including phenoxy) is 2. The van der Waals surface area contributed by atoms with Crippen LogP contribution in [0, 0.1) is 0 Å². The Balaban J connectivity index is 2.58. The average molecular weight is 299 g/mol. The summed E-state index contributed by atoms with van der Waals surface area (Å²) in [4.78, 5) is 0. The van der Waals surface area contributed by atoms with Crippen molar-refractivity contribution in [2.45, 2.75) is 58.2 Å². The van der Waals surface area contributed by atoms with Crippen molar-refractivity contribution >= 4 is 23.9 Å². The summed E-state index contributed by atoms with van der Waals surface area (Å²) in [6.45, 7) is 15.7. The van der Waals surface area contributed by atoms with Crippen molar-refractivity contribution in [2.24, 2.45) is 0 Å². The van der Waals surface area contributed by atoms with E-state index in [2.05, 4.69) is 46.9 Å². The summed E-state index contributed by atoms with van der Waals surface area (Å²) in [5.41, 5.74) is 2.13. The van der Waals surface area contributed by atoms with E-state index < -0.39 is 8.07 Å². The first-order valence-corrected chi connectivity index (χ1v) is 10.4. The first kappa shape index (κ1) is 14.9. The Morgan fingerprint density at radius 3 is 2.00 bits per heavy atom. The molecule has 4 heteroatoms. The molecule has 0 fully saturated rings. The minimum Gasteiger partial charge on any atom is -0.485 e. The van der Waals surface area contributed by atoms with Crippen molar-refractivity contribution in [3.63, 3.8) is 0 Å². The van der Waals surface area contributed by atoms with Gasteiger partial charge in [-0.15, -0.1) is 11.3 Å². The van der Waals surface area contributed by atoms with Crippen molar-refractivity contribution in [1.82, 2.24) is 0 Å². The number of fused-ring (bicyclic) bond motifs is 1.